The highest BCUT2D eigenvalue weighted by Crippen LogP contribution is 2.25. The molecule has 2 fully saturated rings. The molecule has 0 radical (unpaired) electrons. The predicted octanol–water partition coefficient (Wildman–Crippen LogP) is 3.30. The number of hydrogen-bond donors (Lipinski definition) is 1. The van der Waals surface area contributed by atoms with E-state index in [2.05, 4.69) is 72.6 Å². The molecule has 2 aliphatic heterocycles. The Morgan fingerprint density at radius 3 is 2.57 bits per heavy atom. The first-order chi connectivity index (χ1) is 14.5. The molecular formula is C25H31N3O2. The van der Waals surface area contributed by atoms with Crippen molar-refractivity contribution in [3.63, 3.8) is 0 Å². The zero-order valence-corrected chi connectivity index (χ0v) is 17.9. The molecule has 0 spiro atoms. The van der Waals surface area contributed by atoms with Crippen LogP contribution in [0.2, 0.25) is 0 Å². The van der Waals surface area contributed by atoms with Crippen LogP contribution in [0.25, 0.3) is 0 Å². The number of benzene rings is 2. The summed E-state index contributed by atoms with van der Waals surface area (Å²) in [6.07, 6.45) is 1.27. The van der Waals surface area contributed by atoms with Crippen molar-refractivity contribution in [3.05, 3.63) is 71.3 Å². The lowest BCUT2D eigenvalue weighted by atomic mass is 10.1. The Bertz CT molecular complexity index is 881. The van der Waals surface area contributed by atoms with Crippen LogP contribution >= 0.6 is 0 Å². The first-order valence-electron chi connectivity index (χ1n) is 10.9. The standard InChI is InChI=1S/C25H31N3O2/c1-18-8-10-20(11-9-18)15-28-16-22(14-24(28)29)25(30)26-23-12-13-27(17-23)19(2)21-6-4-3-5-7-21/h3-11,19,22-23H,12-17H2,1-2H3,(H,26,30). The average molecular weight is 406 g/mol. The zero-order valence-electron chi connectivity index (χ0n) is 17.9. The maximum atomic E-state index is 12.8. The second-order valence-electron chi connectivity index (χ2n) is 8.74. The van der Waals surface area contributed by atoms with Crippen LogP contribution in [-0.2, 0) is 16.1 Å². The monoisotopic (exact) mass is 405 g/mol. The molecule has 3 unspecified atom stereocenters. The van der Waals surface area contributed by atoms with Gasteiger partial charge in [-0.15, -0.1) is 0 Å². The van der Waals surface area contributed by atoms with Crippen molar-refractivity contribution in [2.75, 3.05) is 19.6 Å². The lowest BCUT2D eigenvalue weighted by Gasteiger charge is -2.25. The fourth-order valence-corrected chi connectivity index (χ4v) is 4.53. The lowest BCUT2D eigenvalue weighted by Crippen LogP contribution is -2.41. The van der Waals surface area contributed by atoms with Crippen LogP contribution in [0.1, 0.15) is 42.5 Å². The van der Waals surface area contributed by atoms with E-state index in [0.717, 1.165) is 25.1 Å². The van der Waals surface area contributed by atoms with Gasteiger partial charge >= 0.3 is 0 Å². The third-order valence-electron chi connectivity index (χ3n) is 6.48. The minimum Gasteiger partial charge on any atom is -0.352 e. The molecule has 4 rings (SSSR count). The Labute approximate surface area is 179 Å². The second kappa shape index (κ2) is 9.00. The number of rotatable bonds is 6. The molecule has 2 amide bonds. The van der Waals surface area contributed by atoms with E-state index >= 15 is 0 Å². The number of aryl methyl sites for hydroxylation is 1. The predicted molar refractivity (Wildman–Crippen MR) is 118 cm³/mol. The van der Waals surface area contributed by atoms with Gasteiger partial charge in [-0.25, -0.2) is 0 Å². The third kappa shape index (κ3) is 4.73. The van der Waals surface area contributed by atoms with Gasteiger partial charge in [0.1, 0.15) is 0 Å². The van der Waals surface area contributed by atoms with Gasteiger partial charge in [0.2, 0.25) is 11.8 Å². The minimum atomic E-state index is -0.247. The molecule has 0 aromatic heterocycles. The van der Waals surface area contributed by atoms with Crippen LogP contribution in [0, 0.1) is 12.8 Å². The van der Waals surface area contributed by atoms with Crippen molar-refractivity contribution < 1.29 is 9.59 Å². The van der Waals surface area contributed by atoms with Gasteiger partial charge in [0, 0.05) is 44.7 Å². The van der Waals surface area contributed by atoms with E-state index < -0.39 is 0 Å². The molecule has 2 aliphatic rings. The molecule has 158 valence electrons. The Kier molecular flexibility index (Phi) is 6.18. The Morgan fingerprint density at radius 1 is 1.10 bits per heavy atom. The summed E-state index contributed by atoms with van der Waals surface area (Å²) in [4.78, 5) is 29.5. The summed E-state index contributed by atoms with van der Waals surface area (Å²) < 4.78 is 0. The summed E-state index contributed by atoms with van der Waals surface area (Å²) in [5.74, 6) is -0.154. The minimum absolute atomic E-state index is 0.0222. The van der Waals surface area contributed by atoms with Gasteiger partial charge in [0.25, 0.3) is 0 Å². The maximum Gasteiger partial charge on any atom is 0.225 e. The highest BCUT2D eigenvalue weighted by Gasteiger charge is 2.36. The first-order valence-corrected chi connectivity index (χ1v) is 10.9. The summed E-state index contributed by atoms with van der Waals surface area (Å²) in [7, 11) is 0. The highest BCUT2D eigenvalue weighted by atomic mass is 16.2. The van der Waals surface area contributed by atoms with Crippen molar-refractivity contribution in [1.82, 2.24) is 15.1 Å². The van der Waals surface area contributed by atoms with E-state index in [0.29, 0.717) is 25.6 Å². The fourth-order valence-electron chi connectivity index (χ4n) is 4.53. The number of carbonyl (C=O) groups is 2. The lowest BCUT2D eigenvalue weighted by molar-refractivity contribution is -0.129. The normalized spacial score (nSPS) is 23.0. The average Bonchev–Trinajstić information content (AvgIpc) is 3.37. The Morgan fingerprint density at radius 2 is 1.83 bits per heavy atom. The smallest absolute Gasteiger partial charge is 0.225 e. The van der Waals surface area contributed by atoms with Crippen molar-refractivity contribution in [1.29, 1.82) is 0 Å². The Hall–Kier alpha value is -2.66. The van der Waals surface area contributed by atoms with Crippen molar-refractivity contribution >= 4 is 11.8 Å². The van der Waals surface area contributed by atoms with Crippen LogP contribution in [0.3, 0.4) is 0 Å². The maximum absolute atomic E-state index is 12.8. The fraction of sp³-hybridized carbons (Fsp3) is 0.440. The van der Waals surface area contributed by atoms with E-state index in [9.17, 15) is 9.59 Å². The van der Waals surface area contributed by atoms with Crippen molar-refractivity contribution in [3.8, 4) is 0 Å². The van der Waals surface area contributed by atoms with Crippen LogP contribution in [0.15, 0.2) is 54.6 Å². The van der Waals surface area contributed by atoms with Crippen LogP contribution in [0.5, 0.6) is 0 Å². The second-order valence-corrected chi connectivity index (χ2v) is 8.74. The van der Waals surface area contributed by atoms with E-state index in [1.54, 1.807) is 0 Å². The molecule has 3 atom stereocenters. The van der Waals surface area contributed by atoms with Crippen LogP contribution < -0.4 is 5.32 Å². The van der Waals surface area contributed by atoms with E-state index in [1.165, 1.54) is 11.1 Å². The summed E-state index contributed by atoms with van der Waals surface area (Å²) in [5, 5.41) is 3.21. The molecule has 2 saturated heterocycles. The van der Waals surface area contributed by atoms with Crippen molar-refractivity contribution in [2.24, 2.45) is 5.92 Å². The van der Waals surface area contributed by atoms with Gasteiger partial charge < -0.3 is 10.2 Å². The molecule has 30 heavy (non-hydrogen) atoms. The molecule has 5 nitrogen and oxygen atoms in total. The summed E-state index contributed by atoms with van der Waals surface area (Å²) >= 11 is 0. The molecule has 5 heteroatoms. The van der Waals surface area contributed by atoms with Crippen LogP contribution in [-0.4, -0.2) is 47.3 Å². The quantitative estimate of drug-likeness (QED) is 0.802. The van der Waals surface area contributed by atoms with Gasteiger partial charge in [-0.2, -0.15) is 0 Å². The van der Waals surface area contributed by atoms with Gasteiger partial charge in [-0.3, -0.25) is 14.5 Å². The number of amides is 2. The third-order valence-corrected chi connectivity index (χ3v) is 6.48. The summed E-state index contributed by atoms with van der Waals surface area (Å²) in [6.45, 7) is 7.19. The molecule has 2 aromatic carbocycles. The molecule has 0 aliphatic carbocycles. The van der Waals surface area contributed by atoms with E-state index in [-0.39, 0.29) is 23.8 Å². The zero-order chi connectivity index (χ0) is 21.1. The SMILES string of the molecule is Cc1ccc(CN2CC(C(=O)NC3CCN(C(C)c4ccccc4)C3)CC2=O)cc1. The summed E-state index contributed by atoms with van der Waals surface area (Å²) in [6, 6.07) is 19.2. The van der Waals surface area contributed by atoms with E-state index in [1.807, 2.05) is 11.0 Å². The van der Waals surface area contributed by atoms with Gasteiger partial charge in [0.05, 0.1) is 5.92 Å². The van der Waals surface area contributed by atoms with Gasteiger partial charge in [-0.1, -0.05) is 60.2 Å². The number of hydrogen-bond acceptors (Lipinski definition) is 3. The van der Waals surface area contributed by atoms with E-state index in [4.69, 9.17) is 0 Å². The molecule has 2 aromatic rings. The first kappa shape index (κ1) is 20.6. The molecular weight excluding hydrogens is 374 g/mol. The summed E-state index contributed by atoms with van der Waals surface area (Å²) in [5.41, 5.74) is 3.62. The van der Waals surface area contributed by atoms with Crippen molar-refractivity contribution in [2.45, 2.75) is 45.3 Å². The van der Waals surface area contributed by atoms with Gasteiger partial charge in [-0.05, 0) is 31.4 Å². The largest absolute Gasteiger partial charge is 0.352 e. The molecule has 1 N–H and O–H groups in total. The van der Waals surface area contributed by atoms with Crippen LogP contribution in [0.4, 0.5) is 0 Å². The topological polar surface area (TPSA) is 52.7 Å². The number of carbonyl (C=O) groups excluding carboxylic acids is 2. The highest BCUT2D eigenvalue weighted by molar-refractivity contribution is 5.89. The number of likely N-dealkylation sites (tertiary alicyclic amines) is 2. The number of nitrogens with one attached hydrogen (secondary N) is 1. The molecule has 0 saturated carbocycles. The van der Waals surface area contributed by atoms with Gasteiger partial charge in [0.15, 0.2) is 0 Å². The molecule has 0 bridgehead atoms. The number of nitrogens with zero attached hydrogens (tertiary/aromatic N) is 2. The molecule has 2 heterocycles. The Balaban J connectivity index is 1.28.